The van der Waals surface area contributed by atoms with E-state index in [9.17, 15) is 0 Å². The maximum Gasteiger partial charge on any atom is 0.0391 e. The Balaban J connectivity index is 1.69. The standard InChI is InChI=1S/C17H30N2/c1-12-4-2-3-5-19(12)17(11-18)15-7-13-6-14(9-15)10-16(17)8-13/h12-16H,2-11,18H2,1H3. The Morgan fingerprint density at radius 2 is 1.63 bits per heavy atom. The molecule has 5 fully saturated rings. The number of rotatable bonds is 2. The van der Waals surface area contributed by atoms with Crippen LogP contribution in [0.15, 0.2) is 0 Å². The summed E-state index contributed by atoms with van der Waals surface area (Å²) in [4.78, 5) is 2.89. The van der Waals surface area contributed by atoms with Crippen LogP contribution in [0.25, 0.3) is 0 Å². The van der Waals surface area contributed by atoms with E-state index in [1.807, 2.05) is 0 Å². The van der Waals surface area contributed by atoms with E-state index in [4.69, 9.17) is 5.73 Å². The Hall–Kier alpha value is -0.0800. The van der Waals surface area contributed by atoms with Crippen molar-refractivity contribution < 1.29 is 0 Å². The van der Waals surface area contributed by atoms with Gasteiger partial charge >= 0.3 is 0 Å². The second-order valence-electron chi connectivity index (χ2n) is 8.04. The average molecular weight is 262 g/mol. The van der Waals surface area contributed by atoms with E-state index in [2.05, 4.69) is 11.8 Å². The molecule has 5 aliphatic rings. The van der Waals surface area contributed by atoms with Gasteiger partial charge in [-0.3, -0.25) is 4.90 Å². The molecule has 2 nitrogen and oxygen atoms in total. The maximum atomic E-state index is 6.44. The van der Waals surface area contributed by atoms with E-state index in [0.29, 0.717) is 5.54 Å². The fraction of sp³-hybridized carbons (Fsp3) is 1.00. The number of hydrogen-bond acceptors (Lipinski definition) is 2. The maximum absolute atomic E-state index is 6.44. The topological polar surface area (TPSA) is 29.3 Å². The third-order valence-corrected chi connectivity index (χ3v) is 7.22. The zero-order chi connectivity index (χ0) is 13.0. The second-order valence-corrected chi connectivity index (χ2v) is 8.04. The molecule has 0 spiro atoms. The van der Waals surface area contributed by atoms with E-state index in [0.717, 1.165) is 36.3 Å². The molecule has 0 aromatic rings. The Morgan fingerprint density at radius 3 is 2.16 bits per heavy atom. The molecule has 4 aliphatic carbocycles. The van der Waals surface area contributed by atoms with Gasteiger partial charge in [-0.1, -0.05) is 6.42 Å². The van der Waals surface area contributed by atoms with Gasteiger partial charge in [0, 0.05) is 18.1 Å². The van der Waals surface area contributed by atoms with E-state index in [1.54, 1.807) is 6.42 Å². The highest BCUT2D eigenvalue weighted by Gasteiger charge is 2.59. The molecular formula is C17H30N2. The highest BCUT2D eigenvalue weighted by atomic mass is 15.3. The van der Waals surface area contributed by atoms with E-state index < -0.39 is 0 Å². The molecule has 0 aromatic carbocycles. The first kappa shape index (κ1) is 12.6. The van der Waals surface area contributed by atoms with Crippen molar-refractivity contribution in [3.8, 4) is 0 Å². The van der Waals surface area contributed by atoms with Gasteiger partial charge in [-0.15, -0.1) is 0 Å². The van der Waals surface area contributed by atoms with Crippen LogP contribution in [0.2, 0.25) is 0 Å². The summed E-state index contributed by atoms with van der Waals surface area (Å²) in [6.07, 6.45) is 11.7. The fourth-order valence-corrected chi connectivity index (χ4v) is 6.64. The Kier molecular flexibility index (Phi) is 2.97. The molecule has 0 aromatic heterocycles. The van der Waals surface area contributed by atoms with Gasteiger partial charge in [-0.25, -0.2) is 0 Å². The van der Waals surface area contributed by atoms with Gasteiger partial charge in [-0.05, 0) is 82.1 Å². The molecule has 4 saturated carbocycles. The van der Waals surface area contributed by atoms with E-state index >= 15 is 0 Å². The van der Waals surface area contributed by atoms with Gasteiger partial charge < -0.3 is 5.73 Å². The molecule has 1 unspecified atom stereocenters. The largest absolute Gasteiger partial charge is 0.329 e. The summed E-state index contributed by atoms with van der Waals surface area (Å²) in [5.74, 6) is 3.97. The highest BCUT2D eigenvalue weighted by Crippen LogP contribution is 2.60. The lowest BCUT2D eigenvalue weighted by Gasteiger charge is -2.66. The third kappa shape index (κ3) is 1.68. The number of likely N-dealkylation sites (tertiary alicyclic amines) is 1. The van der Waals surface area contributed by atoms with Crippen molar-refractivity contribution in [2.75, 3.05) is 13.1 Å². The average Bonchev–Trinajstić information content (AvgIpc) is 2.40. The fourth-order valence-electron chi connectivity index (χ4n) is 6.64. The van der Waals surface area contributed by atoms with Gasteiger partial charge in [-0.2, -0.15) is 0 Å². The zero-order valence-corrected chi connectivity index (χ0v) is 12.5. The monoisotopic (exact) mass is 262 g/mol. The predicted octanol–water partition coefficient (Wildman–Crippen LogP) is 3.01. The van der Waals surface area contributed by atoms with Crippen molar-refractivity contribution in [3.63, 3.8) is 0 Å². The smallest absolute Gasteiger partial charge is 0.0391 e. The lowest BCUT2D eigenvalue weighted by atomic mass is 9.47. The minimum Gasteiger partial charge on any atom is -0.329 e. The van der Waals surface area contributed by atoms with Gasteiger partial charge in [0.25, 0.3) is 0 Å². The van der Waals surface area contributed by atoms with Crippen molar-refractivity contribution in [2.45, 2.75) is 69.9 Å². The van der Waals surface area contributed by atoms with Crippen molar-refractivity contribution >= 4 is 0 Å². The van der Waals surface area contributed by atoms with Crippen molar-refractivity contribution in [2.24, 2.45) is 29.4 Å². The van der Waals surface area contributed by atoms with Gasteiger partial charge in [0.05, 0.1) is 0 Å². The summed E-state index contributed by atoms with van der Waals surface area (Å²) in [7, 11) is 0. The van der Waals surface area contributed by atoms with Crippen molar-refractivity contribution in [1.82, 2.24) is 4.90 Å². The first-order valence-electron chi connectivity index (χ1n) is 8.71. The van der Waals surface area contributed by atoms with Crippen LogP contribution in [0, 0.1) is 23.7 Å². The van der Waals surface area contributed by atoms with E-state index in [-0.39, 0.29) is 0 Å². The van der Waals surface area contributed by atoms with Crippen LogP contribution in [-0.4, -0.2) is 29.6 Å². The SMILES string of the molecule is CC1CCCCN1C1(CN)C2CC3CC(C2)CC1C3. The zero-order valence-electron chi connectivity index (χ0n) is 12.5. The van der Waals surface area contributed by atoms with Crippen LogP contribution in [0.3, 0.4) is 0 Å². The molecule has 108 valence electrons. The molecule has 5 rings (SSSR count). The molecule has 2 heteroatoms. The highest BCUT2D eigenvalue weighted by molar-refractivity contribution is 5.13. The number of hydrogen-bond donors (Lipinski definition) is 1. The van der Waals surface area contributed by atoms with Crippen molar-refractivity contribution in [1.29, 1.82) is 0 Å². The molecule has 1 aliphatic heterocycles. The summed E-state index contributed by atoms with van der Waals surface area (Å²) in [5.41, 5.74) is 6.84. The van der Waals surface area contributed by atoms with Crippen LogP contribution >= 0.6 is 0 Å². The van der Waals surface area contributed by atoms with Crippen LogP contribution in [-0.2, 0) is 0 Å². The van der Waals surface area contributed by atoms with Crippen LogP contribution in [0.4, 0.5) is 0 Å². The normalized spacial score (nSPS) is 53.7. The Bertz CT molecular complexity index is 323. The number of piperidine rings is 1. The summed E-state index contributed by atoms with van der Waals surface area (Å²) >= 11 is 0. The van der Waals surface area contributed by atoms with Crippen LogP contribution in [0.1, 0.15) is 58.3 Å². The van der Waals surface area contributed by atoms with Gasteiger partial charge in [0.1, 0.15) is 0 Å². The van der Waals surface area contributed by atoms with E-state index in [1.165, 1.54) is 51.5 Å². The first-order chi connectivity index (χ1) is 9.24. The van der Waals surface area contributed by atoms with Crippen molar-refractivity contribution in [3.05, 3.63) is 0 Å². The van der Waals surface area contributed by atoms with Gasteiger partial charge in [0.15, 0.2) is 0 Å². The van der Waals surface area contributed by atoms with Gasteiger partial charge in [0.2, 0.25) is 0 Å². The van der Waals surface area contributed by atoms with Crippen LogP contribution < -0.4 is 5.73 Å². The minimum atomic E-state index is 0.396. The Labute approximate surface area is 118 Å². The number of nitrogens with zero attached hydrogens (tertiary/aromatic N) is 1. The Morgan fingerprint density at radius 1 is 1.00 bits per heavy atom. The summed E-state index contributed by atoms with van der Waals surface area (Å²) in [5, 5.41) is 0. The number of nitrogens with two attached hydrogens (primary N) is 1. The summed E-state index contributed by atoms with van der Waals surface area (Å²) < 4.78 is 0. The molecule has 2 N–H and O–H groups in total. The quantitative estimate of drug-likeness (QED) is 0.829. The predicted molar refractivity (Wildman–Crippen MR) is 78.8 cm³/mol. The summed E-state index contributed by atoms with van der Waals surface area (Å²) in [6, 6.07) is 0.773. The first-order valence-corrected chi connectivity index (χ1v) is 8.71. The molecule has 1 saturated heterocycles. The molecule has 1 atom stereocenters. The summed E-state index contributed by atoms with van der Waals surface area (Å²) in [6.45, 7) is 4.70. The van der Waals surface area contributed by atoms with Crippen LogP contribution in [0.5, 0.6) is 0 Å². The molecule has 1 heterocycles. The second kappa shape index (κ2) is 4.46. The third-order valence-electron chi connectivity index (χ3n) is 7.22. The lowest BCUT2D eigenvalue weighted by molar-refractivity contribution is -0.148. The molecular weight excluding hydrogens is 232 g/mol. The molecule has 0 radical (unpaired) electrons. The molecule has 0 amide bonds. The molecule has 4 bridgehead atoms. The minimum absolute atomic E-state index is 0.396. The lowest BCUT2D eigenvalue weighted by Crippen LogP contribution is -2.71. The molecule has 19 heavy (non-hydrogen) atoms.